The number of nitriles is 1. The molecule has 2 rings (SSSR count). The minimum Gasteiger partial charge on any atom is -0.301 e. The van der Waals surface area contributed by atoms with Gasteiger partial charge in [0, 0.05) is 17.1 Å². The van der Waals surface area contributed by atoms with Crippen molar-refractivity contribution in [2.75, 3.05) is 13.1 Å². The third-order valence-electron chi connectivity index (χ3n) is 5.82. The third-order valence-corrected chi connectivity index (χ3v) is 6.51. The zero-order valence-corrected chi connectivity index (χ0v) is 19.2. The SMILES string of the molecule is CC(C)N(CCCC(C#N)(c1ccccc1Br)C(C)C)CCc1ccccc1. The molecule has 2 aromatic rings. The molecule has 2 nitrogen and oxygen atoms in total. The van der Waals surface area contributed by atoms with Crippen molar-refractivity contribution in [3.05, 3.63) is 70.2 Å². The van der Waals surface area contributed by atoms with Gasteiger partial charge in [-0.3, -0.25) is 0 Å². The van der Waals surface area contributed by atoms with E-state index in [2.05, 4.69) is 91.0 Å². The van der Waals surface area contributed by atoms with Crippen molar-refractivity contribution in [2.45, 2.75) is 58.4 Å². The Bertz CT molecular complexity index is 764. The van der Waals surface area contributed by atoms with E-state index >= 15 is 0 Å². The molecule has 0 bridgehead atoms. The summed E-state index contributed by atoms with van der Waals surface area (Å²) in [4.78, 5) is 2.54. The Hall–Kier alpha value is -1.63. The third kappa shape index (κ3) is 5.69. The van der Waals surface area contributed by atoms with Gasteiger partial charge in [-0.25, -0.2) is 0 Å². The van der Waals surface area contributed by atoms with Crippen LogP contribution in [-0.2, 0) is 11.8 Å². The van der Waals surface area contributed by atoms with E-state index in [0.717, 1.165) is 42.4 Å². The van der Waals surface area contributed by atoms with Gasteiger partial charge in [-0.15, -0.1) is 0 Å². The number of rotatable bonds is 10. The van der Waals surface area contributed by atoms with Crippen molar-refractivity contribution < 1.29 is 0 Å². The molecule has 0 amide bonds. The number of nitrogens with zero attached hydrogens (tertiary/aromatic N) is 2. The highest BCUT2D eigenvalue weighted by atomic mass is 79.9. The van der Waals surface area contributed by atoms with Crippen LogP contribution in [0.3, 0.4) is 0 Å². The molecule has 0 aliphatic heterocycles. The van der Waals surface area contributed by atoms with Crippen molar-refractivity contribution in [1.82, 2.24) is 4.90 Å². The van der Waals surface area contributed by atoms with E-state index < -0.39 is 5.41 Å². The van der Waals surface area contributed by atoms with E-state index in [1.807, 2.05) is 18.2 Å². The van der Waals surface area contributed by atoms with Gasteiger partial charge in [0.05, 0.1) is 11.5 Å². The number of hydrogen-bond donors (Lipinski definition) is 0. The molecule has 0 spiro atoms. The molecule has 0 saturated heterocycles. The van der Waals surface area contributed by atoms with Gasteiger partial charge < -0.3 is 4.90 Å². The molecule has 0 aliphatic rings. The van der Waals surface area contributed by atoms with Gasteiger partial charge in [-0.2, -0.15) is 5.26 Å². The van der Waals surface area contributed by atoms with Gasteiger partial charge in [-0.05, 0) is 62.8 Å². The van der Waals surface area contributed by atoms with Crippen LogP contribution in [0.15, 0.2) is 59.1 Å². The molecule has 0 radical (unpaired) electrons. The second-order valence-electron chi connectivity index (χ2n) is 8.19. The molecule has 1 unspecified atom stereocenters. The minimum atomic E-state index is -0.456. The molecule has 0 aliphatic carbocycles. The van der Waals surface area contributed by atoms with Crippen LogP contribution >= 0.6 is 15.9 Å². The predicted molar refractivity (Wildman–Crippen MR) is 122 cm³/mol. The molecule has 0 fully saturated rings. The number of benzene rings is 2. The first-order chi connectivity index (χ1) is 13.4. The standard InChI is InChI=1S/C25H33BrN2/c1-20(2)25(19-27,23-13-8-9-14-24(23)26)16-10-17-28(21(3)4)18-15-22-11-6-5-7-12-22/h5-9,11-14,20-21H,10,15-18H2,1-4H3. The molecular formula is C25H33BrN2. The van der Waals surface area contributed by atoms with Gasteiger partial charge in [-0.1, -0.05) is 78.3 Å². The largest absolute Gasteiger partial charge is 0.301 e. The summed E-state index contributed by atoms with van der Waals surface area (Å²) >= 11 is 3.67. The Morgan fingerprint density at radius 1 is 0.964 bits per heavy atom. The summed E-state index contributed by atoms with van der Waals surface area (Å²) in [5.74, 6) is 0.257. The fraction of sp³-hybridized carbons (Fsp3) is 0.480. The molecule has 3 heteroatoms. The molecular weight excluding hydrogens is 408 g/mol. The first kappa shape index (κ1) is 22.7. The fourth-order valence-corrected chi connectivity index (χ4v) is 4.55. The summed E-state index contributed by atoms with van der Waals surface area (Å²) in [6.45, 7) is 10.9. The van der Waals surface area contributed by atoms with E-state index in [0.29, 0.717) is 6.04 Å². The van der Waals surface area contributed by atoms with Crippen molar-refractivity contribution in [1.29, 1.82) is 5.26 Å². The number of halogens is 1. The summed E-state index contributed by atoms with van der Waals surface area (Å²) in [5.41, 5.74) is 2.05. The summed E-state index contributed by atoms with van der Waals surface area (Å²) in [6.07, 6.45) is 2.95. The first-order valence-electron chi connectivity index (χ1n) is 10.3. The van der Waals surface area contributed by atoms with E-state index in [-0.39, 0.29) is 5.92 Å². The predicted octanol–water partition coefficient (Wildman–Crippen LogP) is 6.60. The van der Waals surface area contributed by atoms with Crippen molar-refractivity contribution >= 4 is 15.9 Å². The monoisotopic (exact) mass is 440 g/mol. The van der Waals surface area contributed by atoms with E-state index in [9.17, 15) is 5.26 Å². The maximum absolute atomic E-state index is 10.2. The normalized spacial score (nSPS) is 13.7. The molecule has 0 N–H and O–H groups in total. The van der Waals surface area contributed by atoms with Gasteiger partial charge >= 0.3 is 0 Å². The van der Waals surface area contributed by atoms with Gasteiger partial charge in [0.15, 0.2) is 0 Å². The van der Waals surface area contributed by atoms with E-state index in [1.165, 1.54) is 5.56 Å². The lowest BCUT2D eigenvalue weighted by atomic mass is 9.70. The zero-order chi connectivity index (χ0) is 20.6. The molecule has 150 valence electrons. The second-order valence-corrected chi connectivity index (χ2v) is 9.04. The van der Waals surface area contributed by atoms with Gasteiger partial charge in [0.1, 0.15) is 0 Å². The minimum absolute atomic E-state index is 0.257. The summed E-state index contributed by atoms with van der Waals surface area (Å²) < 4.78 is 1.04. The highest BCUT2D eigenvalue weighted by Gasteiger charge is 2.37. The molecule has 0 aromatic heterocycles. The maximum Gasteiger partial charge on any atom is 0.0856 e. The average molecular weight is 441 g/mol. The van der Waals surface area contributed by atoms with Crippen molar-refractivity contribution in [2.24, 2.45) is 5.92 Å². The van der Waals surface area contributed by atoms with Crippen LogP contribution < -0.4 is 0 Å². The van der Waals surface area contributed by atoms with Crippen LogP contribution in [-0.4, -0.2) is 24.0 Å². The zero-order valence-electron chi connectivity index (χ0n) is 17.7. The topological polar surface area (TPSA) is 27.0 Å². The lowest BCUT2D eigenvalue weighted by Crippen LogP contribution is -2.36. The summed E-state index contributed by atoms with van der Waals surface area (Å²) in [5, 5.41) is 10.2. The van der Waals surface area contributed by atoms with Crippen LogP contribution in [0.5, 0.6) is 0 Å². The highest BCUT2D eigenvalue weighted by molar-refractivity contribution is 9.10. The summed E-state index contributed by atoms with van der Waals surface area (Å²) in [7, 11) is 0. The van der Waals surface area contributed by atoms with E-state index in [4.69, 9.17) is 0 Å². The molecule has 28 heavy (non-hydrogen) atoms. The fourth-order valence-electron chi connectivity index (χ4n) is 3.91. The smallest absolute Gasteiger partial charge is 0.0856 e. The van der Waals surface area contributed by atoms with Gasteiger partial charge in [0.2, 0.25) is 0 Å². The molecule has 2 aromatic carbocycles. The van der Waals surface area contributed by atoms with Crippen molar-refractivity contribution in [3.63, 3.8) is 0 Å². The van der Waals surface area contributed by atoms with Crippen LogP contribution in [0.25, 0.3) is 0 Å². The molecule has 0 saturated carbocycles. The quantitative estimate of drug-likeness (QED) is 0.415. The molecule has 0 heterocycles. The maximum atomic E-state index is 10.2. The van der Waals surface area contributed by atoms with Crippen LogP contribution in [0.4, 0.5) is 0 Å². The van der Waals surface area contributed by atoms with Crippen molar-refractivity contribution in [3.8, 4) is 6.07 Å². The van der Waals surface area contributed by atoms with Crippen LogP contribution in [0.2, 0.25) is 0 Å². The molecule has 1 atom stereocenters. The van der Waals surface area contributed by atoms with E-state index in [1.54, 1.807) is 0 Å². The van der Waals surface area contributed by atoms with Crippen LogP contribution in [0.1, 0.15) is 51.7 Å². The highest BCUT2D eigenvalue weighted by Crippen LogP contribution is 2.40. The summed E-state index contributed by atoms with van der Waals surface area (Å²) in [6, 6.07) is 22.1. The first-order valence-corrected chi connectivity index (χ1v) is 11.1. The Balaban J connectivity index is 2.05. The Kier molecular flexibility index (Phi) is 8.73. The van der Waals surface area contributed by atoms with Gasteiger partial charge in [0.25, 0.3) is 0 Å². The van der Waals surface area contributed by atoms with Crippen LogP contribution in [0, 0.1) is 17.2 Å². The lowest BCUT2D eigenvalue weighted by molar-refractivity contribution is 0.210. The Morgan fingerprint density at radius 2 is 1.61 bits per heavy atom. The number of hydrogen-bond acceptors (Lipinski definition) is 2. The average Bonchev–Trinajstić information content (AvgIpc) is 2.69. The lowest BCUT2D eigenvalue weighted by Gasteiger charge is -2.34. The Labute approximate surface area is 179 Å². The second kappa shape index (κ2) is 10.8. The Morgan fingerprint density at radius 3 is 2.18 bits per heavy atom.